The molecule has 1 amide bonds. The number of aryl methyl sites for hydroxylation is 2. The second-order valence-corrected chi connectivity index (χ2v) is 4.44. The number of aromatic nitrogens is 2. The Morgan fingerprint density at radius 1 is 1.44 bits per heavy atom. The predicted molar refractivity (Wildman–Crippen MR) is 71.9 cm³/mol. The van der Waals surface area contributed by atoms with Crippen LogP contribution in [0.2, 0.25) is 5.02 Å². The summed E-state index contributed by atoms with van der Waals surface area (Å²) in [5, 5.41) is 9.81. The third kappa shape index (κ3) is 2.31. The summed E-state index contributed by atoms with van der Waals surface area (Å²) in [7, 11) is 0. The number of anilines is 2. The van der Waals surface area contributed by atoms with Crippen LogP contribution in [0.3, 0.4) is 0 Å². The number of halogens is 1. The summed E-state index contributed by atoms with van der Waals surface area (Å²) in [6.45, 7) is 3.64. The van der Waals surface area contributed by atoms with E-state index in [1.807, 2.05) is 13.0 Å². The predicted octanol–water partition coefficient (Wildman–Crippen LogP) is 2.51. The minimum absolute atomic E-state index is 0.184. The Bertz CT molecular complexity index is 606. The van der Waals surface area contributed by atoms with Crippen molar-refractivity contribution >= 4 is 28.9 Å². The van der Waals surface area contributed by atoms with Gasteiger partial charge in [0.2, 0.25) is 0 Å². The molecule has 0 aliphatic carbocycles. The number of aromatic amines is 1. The van der Waals surface area contributed by atoms with Gasteiger partial charge in [0.1, 0.15) is 0 Å². The number of carbonyl (C=O) groups is 1. The second-order valence-electron chi connectivity index (χ2n) is 4.03. The fourth-order valence-electron chi connectivity index (χ4n) is 1.47. The van der Waals surface area contributed by atoms with Crippen molar-refractivity contribution in [2.75, 3.05) is 11.1 Å². The van der Waals surface area contributed by atoms with Crippen molar-refractivity contribution < 1.29 is 4.79 Å². The van der Waals surface area contributed by atoms with Crippen LogP contribution in [0.25, 0.3) is 0 Å². The number of benzene rings is 1. The van der Waals surface area contributed by atoms with E-state index in [4.69, 9.17) is 17.3 Å². The number of nitrogen functional groups attached to an aromatic ring is 1. The van der Waals surface area contributed by atoms with E-state index in [2.05, 4.69) is 15.5 Å². The van der Waals surface area contributed by atoms with Gasteiger partial charge < -0.3 is 11.1 Å². The Balaban J connectivity index is 2.21. The largest absolute Gasteiger partial charge is 0.395 e. The number of nitrogens with one attached hydrogen (secondary N) is 2. The van der Waals surface area contributed by atoms with Gasteiger partial charge in [-0.2, -0.15) is 5.10 Å². The normalized spacial score (nSPS) is 10.4. The van der Waals surface area contributed by atoms with Crippen molar-refractivity contribution in [1.29, 1.82) is 0 Å². The van der Waals surface area contributed by atoms with Gasteiger partial charge in [0, 0.05) is 10.7 Å². The zero-order valence-corrected chi connectivity index (χ0v) is 10.8. The van der Waals surface area contributed by atoms with Crippen molar-refractivity contribution in [3.63, 3.8) is 0 Å². The number of carbonyl (C=O) groups excluding carboxylic acids is 1. The first-order valence-electron chi connectivity index (χ1n) is 5.37. The first kappa shape index (κ1) is 12.4. The Morgan fingerprint density at radius 3 is 2.72 bits per heavy atom. The Hall–Kier alpha value is -2.01. The van der Waals surface area contributed by atoms with E-state index >= 15 is 0 Å². The monoisotopic (exact) mass is 264 g/mol. The number of nitrogens with zero attached hydrogens (tertiary/aromatic N) is 1. The lowest BCUT2D eigenvalue weighted by molar-refractivity contribution is 0.102. The first-order chi connectivity index (χ1) is 8.49. The fourth-order valence-corrected chi connectivity index (χ4v) is 1.65. The van der Waals surface area contributed by atoms with E-state index in [9.17, 15) is 4.79 Å². The average molecular weight is 265 g/mol. The lowest BCUT2D eigenvalue weighted by Gasteiger charge is -2.05. The topological polar surface area (TPSA) is 83.8 Å². The maximum atomic E-state index is 11.9. The third-order valence-corrected chi connectivity index (χ3v) is 3.05. The molecule has 4 N–H and O–H groups in total. The molecule has 0 aliphatic heterocycles. The maximum Gasteiger partial charge on any atom is 0.278 e. The molecule has 0 unspecified atom stereocenters. The van der Waals surface area contributed by atoms with Gasteiger partial charge >= 0.3 is 0 Å². The lowest BCUT2D eigenvalue weighted by Crippen LogP contribution is -2.14. The van der Waals surface area contributed by atoms with Crippen LogP contribution in [0.15, 0.2) is 18.2 Å². The average Bonchev–Trinajstić information content (AvgIpc) is 2.65. The van der Waals surface area contributed by atoms with Crippen molar-refractivity contribution in [2.24, 2.45) is 0 Å². The van der Waals surface area contributed by atoms with E-state index in [1.165, 1.54) is 0 Å². The van der Waals surface area contributed by atoms with Gasteiger partial charge in [-0.15, -0.1) is 0 Å². The minimum Gasteiger partial charge on any atom is -0.395 e. The Morgan fingerprint density at radius 2 is 2.17 bits per heavy atom. The quantitative estimate of drug-likeness (QED) is 0.779. The summed E-state index contributed by atoms with van der Waals surface area (Å²) in [4.78, 5) is 11.9. The highest BCUT2D eigenvalue weighted by molar-refractivity contribution is 6.31. The Labute approximate surface area is 109 Å². The highest BCUT2D eigenvalue weighted by Crippen LogP contribution is 2.21. The molecule has 1 heterocycles. The molecule has 0 atom stereocenters. The smallest absolute Gasteiger partial charge is 0.278 e. The molecule has 5 nitrogen and oxygen atoms in total. The molecule has 1 aromatic heterocycles. The molecule has 0 fully saturated rings. The number of hydrogen-bond acceptors (Lipinski definition) is 3. The van der Waals surface area contributed by atoms with Gasteiger partial charge in [0.05, 0.1) is 11.4 Å². The molecule has 2 rings (SSSR count). The number of rotatable bonds is 2. The van der Waals surface area contributed by atoms with Crippen molar-refractivity contribution in [1.82, 2.24) is 10.2 Å². The van der Waals surface area contributed by atoms with E-state index in [-0.39, 0.29) is 11.6 Å². The van der Waals surface area contributed by atoms with Crippen LogP contribution in [0.5, 0.6) is 0 Å². The molecule has 2 aromatic rings. The van der Waals surface area contributed by atoms with Crippen LogP contribution in [-0.4, -0.2) is 16.1 Å². The number of nitrogens with two attached hydrogens (primary N) is 1. The number of H-pyrrole nitrogens is 1. The molecule has 0 bridgehead atoms. The van der Waals surface area contributed by atoms with Crippen LogP contribution in [0.1, 0.15) is 21.7 Å². The molecule has 6 heteroatoms. The van der Waals surface area contributed by atoms with Gasteiger partial charge in [0.15, 0.2) is 5.69 Å². The molecule has 0 radical (unpaired) electrons. The third-order valence-electron chi connectivity index (χ3n) is 2.64. The van der Waals surface area contributed by atoms with E-state index in [0.29, 0.717) is 22.1 Å². The zero-order chi connectivity index (χ0) is 13.3. The molecule has 18 heavy (non-hydrogen) atoms. The van der Waals surface area contributed by atoms with E-state index in [1.54, 1.807) is 19.1 Å². The SMILES string of the molecule is Cc1ccc(NC(=O)c2n[nH]c(C)c2N)cc1Cl. The summed E-state index contributed by atoms with van der Waals surface area (Å²) in [6.07, 6.45) is 0. The number of hydrogen-bond donors (Lipinski definition) is 3. The molecule has 0 aliphatic rings. The molecule has 94 valence electrons. The highest BCUT2D eigenvalue weighted by atomic mass is 35.5. The molecule has 1 aromatic carbocycles. The standard InChI is InChI=1S/C12H13ClN4O/c1-6-3-4-8(5-9(6)13)15-12(18)11-10(14)7(2)16-17-11/h3-5H,14H2,1-2H3,(H,15,18)(H,16,17). The zero-order valence-electron chi connectivity index (χ0n) is 10.0. The van der Waals surface area contributed by atoms with E-state index < -0.39 is 0 Å². The molecule has 0 spiro atoms. The van der Waals surface area contributed by atoms with Gasteiger partial charge in [-0.25, -0.2) is 0 Å². The van der Waals surface area contributed by atoms with Gasteiger partial charge in [-0.1, -0.05) is 17.7 Å². The second kappa shape index (κ2) is 4.70. The van der Waals surface area contributed by atoms with Crippen molar-refractivity contribution in [2.45, 2.75) is 13.8 Å². The van der Waals surface area contributed by atoms with Crippen LogP contribution in [0, 0.1) is 13.8 Å². The van der Waals surface area contributed by atoms with Gasteiger partial charge in [0.25, 0.3) is 5.91 Å². The summed E-state index contributed by atoms with van der Waals surface area (Å²) < 4.78 is 0. The maximum absolute atomic E-state index is 11.9. The summed E-state index contributed by atoms with van der Waals surface area (Å²) in [6, 6.07) is 5.29. The molecule has 0 saturated carbocycles. The van der Waals surface area contributed by atoms with E-state index in [0.717, 1.165) is 5.56 Å². The van der Waals surface area contributed by atoms with Gasteiger partial charge in [-0.05, 0) is 31.5 Å². The molecular weight excluding hydrogens is 252 g/mol. The van der Waals surface area contributed by atoms with Gasteiger partial charge in [-0.3, -0.25) is 9.89 Å². The van der Waals surface area contributed by atoms with Crippen LogP contribution in [-0.2, 0) is 0 Å². The van der Waals surface area contributed by atoms with Crippen molar-refractivity contribution in [3.8, 4) is 0 Å². The molecular formula is C12H13ClN4O. The highest BCUT2D eigenvalue weighted by Gasteiger charge is 2.15. The summed E-state index contributed by atoms with van der Waals surface area (Å²) >= 11 is 5.98. The van der Waals surface area contributed by atoms with Crippen LogP contribution in [0.4, 0.5) is 11.4 Å². The van der Waals surface area contributed by atoms with Crippen molar-refractivity contribution in [3.05, 3.63) is 40.2 Å². The van der Waals surface area contributed by atoms with Crippen LogP contribution >= 0.6 is 11.6 Å². The molecule has 0 saturated heterocycles. The summed E-state index contributed by atoms with van der Waals surface area (Å²) in [5.41, 5.74) is 8.49. The lowest BCUT2D eigenvalue weighted by atomic mass is 10.2. The van der Waals surface area contributed by atoms with Crippen LogP contribution < -0.4 is 11.1 Å². The summed E-state index contributed by atoms with van der Waals surface area (Å²) in [5.74, 6) is -0.364. The fraction of sp³-hybridized carbons (Fsp3) is 0.167. The first-order valence-corrected chi connectivity index (χ1v) is 5.74. The minimum atomic E-state index is -0.364. The number of amides is 1. The Kier molecular flexibility index (Phi) is 3.25.